The molecule has 1 aromatic carbocycles. The average Bonchev–Trinajstić information content (AvgIpc) is 3.01. The number of piperidine rings is 1. The van der Waals surface area contributed by atoms with Crippen molar-refractivity contribution in [1.82, 2.24) is 10.2 Å². The van der Waals surface area contributed by atoms with E-state index in [1.54, 1.807) is 0 Å². The first-order chi connectivity index (χ1) is 10.3. The Morgan fingerprint density at radius 2 is 2.33 bits per heavy atom. The van der Waals surface area contributed by atoms with Gasteiger partial charge in [0.05, 0.1) is 6.61 Å². The molecule has 0 bridgehead atoms. The molecule has 0 aliphatic carbocycles. The maximum atomic E-state index is 12.8. The number of fused-ring (bicyclic) bond motifs is 1. The van der Waals surface area contributed by atoms with Crippen LogP contribution in [0.4, 0.5) is 0 Å². The predicted molar refractivity (Wildman–Crippen MR) is 82.6 cm³/mol. The number of amides is 1. The fourth-order valence-corrected chi connectivity index (χ4v) is 3.42. The van der Waals surface area contributed by atoms with Crippen LogP contribution in [0.3, 0.4) is 0 Å². The van der Waals surface area contributed by atoms with Gasteiger partial charge in [-0.2, -0.15) is 0 Å². The van der Waals surface area contributed by atoms with Gasteiger partial charge in [-0.25, -0.2) is 0 Å². The molecule has 0 radical (unpaired) electrons. The highest BCUT2D eigenvalue weighted by atomic mass is 16.5. The van der Waals surface area contributed by atoms with Crippen molar-refractivity contribution in [2.45, 2.75) is 32.2 Å². The first kappa shape index (κ1) is 14.4. The zero-order chi connectivity index (χ0) is 14.7. The average molecular weight is 288 g/mol. The molecule has 3 rings (SSSR count). The Morgan fingerprint density at radius 1 is 1.43 bits per heavy atom. The Kier molecular flexibility index (Phi) is 4.44. The number of hydrogen-bond donors (Lipinski definition) is 1. The summed E-state index contributed by atoms with van der Waals surface area (Å²) in [7, 11) is 0. The van der Waals surface area contributed by atoms with E-state index in [2.05, 4.69) is 17.1 Å². The summed E-state index contributed by atoms with van der Waals surface area (Å²) in [6, 6.07) is 7.97. The monoisotopic (exact) mass is 288 g/mol. The van der Waals surface area contributed by atoms with Gasteiger partial charge in [-0.05, 0) is 43.4 Å². The fraction of sp³-hybridized carbons (Fsp3) is 0.588. The predicted octanol–water partition coefficient (Wildman–Crippen LogP) is 2.30. The quantitative estimate of drug-likeness (QED) is 0.924. The Morgan fingerprint density at radius 3 is 3.19 bits per heavy atom. The van der Waals surface area contributed by atoms with Crippen LogP contribution in [-0.2, 0) is 0 Å². The van der Waals surface area contributed by atoms with Gasteiger partial charge in [0.25, 0.3) is 5.91 Å². The lowest BCUT2D eigenvalue weighted by Crippen LogP contribution is -2.48. The minimum atomic E-state index is 0.148. The number of rotatable bonds is 4. The third-order valence-corrected chi connectivity index (χ3v) is 4.49. The summed E-state index contributed by atoms with van der Waals surface area (Å²) in [5.41, 5.74) is 0.746. The number of carbonyl (C=O) groups excluding carboxylic acids is 1. The number of nitrogens with zero attached hydrogens (tertiary/aromatic N) is 1. The standard InChI is InChI=1S/C17H24N2O2/c1-2-9-21-15-7-3-5-13(10-15)17(20)19-8-4-6-14-11-18-12-16(14)19/h3,5,7,10,14,16,18H,2,4,6,8-9,11-12H2,1H3. The summed E-state index contributed by atoms with van der Waals surface area (Å²) in [6.45, 7) is 5.63. The number of nitrogens with one attached hydrogen (secondary N) is 1. The normalized spacial score (nSPS) is 24.7. The van der Waals surface area contributed by atoms with Gasteiger partial charge < -0.3 is 15.0 Å². The van der Waals surface area contributed by atoms with Crippen LogP contribution in [0.25, 0.3) is 0 Å². The van der Waals surface area contributed by atoms with Crippen molar-refractivity contribution in [1.29, 1.82) is 0 Å². The first-order valence-electron chi connectivity index (χ1n) is 8.04. The van der Waals surface area contributed by atoms with Gasteiger partial charge in [0, 0.05) is 31.2 Å². The van der Waals surface area contributed by atoms with E-state index < -0.39 is 0 Å². The van der Waals surface area contributed by atoms with Gasteiger partial charge in [-0.1, -0.05) is 13.0 Å². The van der Waals surface area contributed by atoms with E-state index >= 15 is 0 Å². The first-order valence-corrected chi connectivity index (χ1v) is 8.04. The summed E-state index contributed by atoms with van der Waals surface area (Å²) in [5.74, 6) is 1.57. The molecule has 2 fully saturated rings. The van der Waals surface area contributed by atoms with E-state index in [1.807, 2.05) is 24.3 Å². The maximum Gasteiger partial charge on any atom is 0.254 e. The van der Waals surface area contributed by atoms with E-state index in [1.165, 1.54) is 6.42 Å². The minimum Gasteiger partial charge on any atom is -0.494 e. The van der Waals surface area contributed by atoms with Crippen LogP contribution in [0, 0.1) is 5.92 Å². The van der Waals surface area contributed by atoms with Crippen molar-refractivity contribution < 1.29 is 9.53 Å². The molecule has 2 saturated heterocycles. The Bertz CT molecular complexity index is 503. The molecule has 0 saturated carbocycles. The van der Waals surface area contributed by atoms with Crippen molar-refractivity contribution in [2.75, 3.05) is 26.2 Å². The molecule has 4 heteroatoms. The SMILES string of the molecule is CCCOc1cccc(C(=O)N2CCCC3CNCC32)c1. The molecule has 4 nitrogen and oxygen atoms in total. The molecule has 114 valence electrons. The summed E-state index contributed by atoms with van der Waals surface area (Å²) >= 11 is 0. The molecule has 2 aliphatic heterocycles. The molecule has 0 spiro atoms. The van der Waals surface area contributed by atoms with E-state index in [0.717, 1.165) is 43.8 Å². The van der Waals surface area contributed by atoms with Crippen molar-refractivity contribution >= 4 is 5.91 Å². The summed E-state index contributed by atoms with van der Waals surface area (Å²) in [5, 5.41) is 3.42. The van der Waals surface area contributed by atoms with Gasteiger partial charge in [0.2, 0.25) is 0 Å². The summed E-state index contributed by atoms with van der Waals surface area (Å²) in [6.07, 6.45) is 3.32. The van der Waals surface area contributed by atoms with Crippen LogP contribution in [0.5, 0.6) is 5.75 Å². The van der Waals surface area contributed by atoms with E-state index in [-0.39, 0.29) is 5.91 Å². The van der Waals surface area contributed by atoms with Crippen LogP contribution in [0.2, 0.25) is 0 Å². The molecule has 1 N–H and O–H groups in total. The van der Waals surface area contributed by atoms with Crippen molar-refractivity contribution in [2.24, 2.45) is 5.92 Å². The molecule has 2 atom stereocenters. The third kappa shape index (κ3) is 3.05. The van der Waals surface area contributed by atoms with Crippen LogP contribution in [0.15, 0.2) is 24.3 Å². The summed E-state index contributed by atoms with van der Waals surface area (Å²) < 4.78 is 5.64. The highest BCUT2D eigenvalue weighted by Gasteiger charge is 2.37. The second-order valence-corrected chi connectivity index (χ2v) is 6.00. The zero-order valence-corrected chi connectivity index (χ0v) is 12.7. The highest BCUT2D eigenvalue weighted by Crippen LogP contribution is 2.28. The van der Waals surface area contributed by atoms with Crippen molar-refractivity contribution in [3.8, 4) is 5.75 Å². The zero-order valence-electron chi connectivity index (χ0n) is 12.7. The molecule has 21 heavy (non-hydrogen) atoms. The van der Waals surface area contributed by atoms with Gasteiger partial charge >= 0.3 is 0 Å². The molecule has 2 heterocycles. The molecule has 2 aliphatic rings. The molecule has 2 unspecified atom stereocenters. The number of ether oxygens (including phenoxy) is 1. The molecule has 1 aromatic rings. The van der Waals surface area contributed by atoms with E-state index in [9.17, 15) is 4.79 Å². The lowest BCUT2D eigenvalue weighted by atomic mass is 9.91. The van der Waals surface area contributed by atoms with Crippen LogP contribution >= 0.6 is 0 Å². The van der Waals surface area contributed by atoms with Crippen molar-refractivity contribution in [3.05, 3.63) is 29.8 Å². The van der Waals surface area contributed by atoms with E-state index in [0.29, 0.717) is 18.6 Å². The maximum absolute atomic E-state index is 12.8. The number of carbonyl (C=O) groups is 1. The number of likely N-dealkylation sites (tertiary alicyclic amines) is 1. The van der Waals surface area contributed by atoms with Crippen LogP contribution in [0.1, 0.15) is 36.5 Å². The largest absolute Gasteiger partial charge is 0.494 e. The van der Waals surface area contributed by atoms with E-state index in [4.69, 9.17) is 4.74 Å². The van der Waals surface area contributed by atoms with Gasteiger partial charge in [-0.3, -0.25) is 4.79 Å². The topological polar surface area (TPSA) is 41.6 Å². The highest BCUT2D eigenvalue weighted by molar-refractivity contribution is 5.95. The van der Waals surface area contributed by atoms with Gasteiger partial charge in [0.1, 0.15) is 5.75 Å². The van der Waals surface area contributed by atoms with Crippen LogP contribution < -0.4 is 10.1 Å². The lowest BCUT2D eigenvalue weighted by molar-refractivity contribution is 0.0574. The van der Waals surface area contributed by atoms with Crippen molar-refractivity contribution in [3.63, 3.8) is 0 Å². The molecule has 0 aromatic heterocycles. The third-order valence-electron chi connectivity index (χ3n) is 4.49. The Labute approximate surface area is 126 Å². The molecular formula is C17H24N2O2. The van der Waals surface area contributed by atoms with Gasteiger partial charge in [-0.15, -0.1) is 0 Å². The van der Waals surface area contributed by atoms with Crippen LogP contribution in [-0.4, -0.2) is 43.1 Å². The Balaban J connectivity index is 1.74. The molecule has 1 amide bonds. The molecular weight excluding hydrogens is 264 g/mol. The Hall–Kier alpha value is -1.55. The number of hydrogen-bond acceptors (Lipinski definition) is 3. The summed E-state index contributed by atoms with van der Waals surface area (Å²) in [4.78, 5) is 14.9. The smallest absolute Gasteiger partial charge is 0.254 e. The lowest BCUT2D eigenvalue weighted by Gasteiger charge is -2.37. The second-order valence-electron chi connectivity index (χ2n) is 6.00. The minimum absolute atomic E-state index is 0.148. The van der Waals surface area contributed by atoms with Gasteiger partial charge in [0.15, 0.2) is 0 Å². The number of benzene rings is 1. The second kappa shape index (κ2) is 6.48. The fourth-order valence-electron chi connectivity index (χ4n) is 3.42.